The topological polar surface area (TPSA) is 71.1 Å². The molecule has 2 amide bonds. The third kappa shape index (κ3) is 5.50. The number of carbonyl (C=O) groups is 2. The second-order valence-electron chi connectivity index (χ2n) is 4.87. The molecule has 7 heteroatoms. The van der Waals surface area contributed by atoms with E-state index in [1.165, 1.54) is 17.4 Å². The Bertz CT molecular complexity index is 756. The highest BCUT2D eigenvalue weighted by atomic mass is 35.5. The molecular formula is C16H16ClN3O2S. The summed E-state index contributed by atoms with van der Waals surface area (Å²) < 4.78 is 0. The zero-order valence-electron chi connectivity index (χ0n) is 12.7. The molecule has 0 bridgehead atoms. The first-order valence-corrected chi connectivity index (χ1v) is 8.14. The first-order valence-electron chi connectivity index (χ1n) is 6.88. The zero-order chi connectivity index (χ0) is 16.8. The van der Waals surface area contributed by atoms with Crippen LogP contribution in [0.2, 0.25) is 5.02 Å². The van der Waals surface area contributed by atoms with Gasteiger partial charge in [0.15, 0.2) is 0 Å². The molecule has 0 fully saturated rings. The van der Waals surface area contributed by atoms with Crippen LogP contribution in [0.15, 0.2) is 29.7 Å². The largest absolute Gasteiger partial charge is 0.343 e. The van der Waals surface area contributed by atoms with Crippen molar-refractivity contribution in [2.75, 3.05) is 11.9 Å². The minimum atomic E-state index is -0.360. The molecule has 23 heavy (non-hydrogen) atoms. The maximum atomic E-state index is 11.8. The van der Waals surface area contributed by atoms with Gasteiger partial charge in [0.25, 0.3) is 0 Å². The van der Waals surface area contributed by atoms with Crippen molar-refractivity contribution in [1.29, 1.82) is 0 Å². The van der Waals surface area contributed by atoms with E-state index in [1.54, 1.807) is 18.2 Å². The Morgan fingerprint density at radius 1 is 1.35 bits per heavy atom. The first-order chi connectivity index (χ1) is 10.9. The number of halogens is 1. The van der Waals surface area contributed by atoms with E-state index in [9.17, 15) is 9.59 Å². The van der Waals surface area contributed by atoms with Crippen LogP contribution in [-0.4, -0.2) is 23.3 Å². The number of nitrogens with zero attached hydrogens (tertiary/aromatic N) is 1. The fourth-order valence-electron chi connectivity index (χ4n) is 1.76. The number of nitrogens with one attached hydrogen (secondary N) is 2. The highest BCUT2D eigenvalue weighted by Gasteiger charge is 2.07. The molecule has 2 aromatic rings. The molecule has 120 valence electrons. The predicted octanol–water partition coefficient (Wildman–Crippen LogP) is 3.18. The molecule has 0 aliphatic heterocycles. The van der Waals surface area contributed by atoms with E-state index in [0.29, 0.717) is 10.7 Å². The smallest absolute Gasteiger partial charge is 0.244 e. The molecule has 1 heterocycles. The Kier molecular flexibility index (Phi) is 5.90. The summed E-state index contributed by atoms with van der Waals surface area (Å²) in [5.74, 6) is -0.706. The van der Waals surface area contributed by atoms with E-state index in [2.05, 4.69) is 15.6 Å². The van der Waals surface area contributed by atoms with Gasteiger partial charge in [-0.1, -0.05) is 17.7 Å². The SMILES string of the molecule is Cc1ccc(NC(=O)CNC(=O)C=Cc2csc(C)n2)c(Cl)c1. The summed E-state index contributed by atoms with van der Waals surface area (Å²) in [7, 11) is 0. The second kappa shape index (κ2) is 7.89. The molecule has 5 nitrogen and oxygen atoms in total. The van der Waals surface area contributed by atoms with Crippen LogP contribution in [0, 0.1) is 13.8 Å². The van der Waals surface area contributed by atoms with Gasteiger partial charge in [0.1, 0.15) is 0 Å². The van der Waals surface area contributed by atoms with Crippen molar-refractivity contribution in [3.8, 4) is 0 Å². The lowest BCUT2D eigenvalue weighted by Gasteiger charge is -2.08. The molecule has 0 unspecified atom stereocenters. The summed E-state index contributed by atoms with van der Waals surface area (Å²) in [6.07, 6.45) is 2.95. The van der Waals surface area contributed by atoms with Crippen molar-refractivity contribution in [3.05, 3.63) is 50.9 Å². The number of anilines is 1. The lowest BCUT2D eigenvalue weighted by atomic mass is 10.2. The third-order valence-electron chi connectivity index (χ3n) is 2.86. The van der Waals surface area contributed by atoms with Crippen molar-refractivity contribution >= 4 is 46.5 Å². The van der Waals surface area contributed by atoms with Crippen LogP contribution in [0.4, 0.5) is 5.69 Å². The van der Waals surface area contributed by atoms with Gasteiger partial charge >= 0.3 is 0 Å². The van der Waals surface area contributed by atoms with E-state index in [4.69, 9.17) is 11.6 Å². The van der Waals surface area contributed by atoms with Crippen LogP contribution in [0.3, 0.4) is 0 Å². The lowest BCUT2D eigenvalue weighted by Crippen LogP contribution is -2.31. The minimum absolute atomic E-state index is 0.135. The van der Waals surface area contributed by atoms with Gasteiger partial charge in [-0.15, -0.1) is 11.3 Å². The van der Waals surface area contributed by atoms with Gasteiger partial charge in [0.05, 0.1) is 28.0 Å². The number of carbonyl (C=O) groups excluding carboxylic acids is 2. The summed E-state index contributed by atoms with van der Waals surface area (Å²) in [4.78, 5) is 27.7. The molecule has 2 rings (SSSR count). The number of amides is 2. The van der Waals surface area contributed by atoms with Gasteiger partial charge in [-0.2, -0.15) is 0 Å². The van der Waals surface area contributed by atoms with Gasteiger partial charge in [0, 0.05) is 11.5 Å². The van der Waals surface area contributed by atoms with Gasteiger partial charge in [-0.25, -0.2) is 4.98 Å². The Hall–Kier alpha value is -2.18. The minimum Gasteiger partial charge on any atom is -0.343 e. The molecule has 0 spiro atoms. The highest BCUT2D eigenvalue weighted by molar-refractivity contribution is 7.09. The molecule has 2 N–H and O–H groups in total. The molecule has 0 atom stereocenters. The lowest BCUT2D eigenvalue weighted by molar-refractivity contribution is -0.121. The highest BCUT2D eigenvalue weighted by Crippen LogP contribution is 2.22. The fraction of sp³-hybridized carbons (Fsp3) is 0.188. The van der Waals surface area contributed by atoms with Crippen LogP contribution < -0.4 is 10.6 Å². The van der Waals surface area contributed by atoms with Crippen LogP contribution in [-0.2, 0) is 9.59 Å². The number of rotatable bonds is 5. The third-order valence-corrected chi connectivity index (χ3v) is 3.97. The Morgan fingerprint density at radius 3 is 2.78 bits per heavy atom. The van der Waals surface area contributed by atoms with Crippen LogP contribution in [0.1, 0.15) is 16.3 Å². The molecule has 0 saturated heterocycles. The van der Waals surface area contributed by atoms with Gasteiger partial charge in [0.2, 0.25) is 11.8 Å². The van der Waals surface area contributed by atoms with Crippen LogP contribution in [0.5, 0.6) is 0 Å². The van der Waals surface area contributed by atoms with E-state index in [0.717, 1.165) is 16.3 Å². The Balaban J connectivity index is 1.81. The number of benzene rings is 1. The average Bonchev–Trinajstić information content (AvgIpc) is 2.91. The van der Waals surface area contributed by atoms with Crippen LogP contribution in [0.25, 0.3) is 6.08 Å². The number of hydrogen-bond donors (Lipinski definition) is 2. The number of aromatic nitrogens is 1. The summed E-state index contributed by atoms with van der Waals surface area (Å²) in [5, 5.41) is 8.40. The number of hydrogen-bond acceptors (Lipinski definition) is 4. The molecule has 0 saturated carbocycles. The van der Waals surface area contributed by atoms with Crippen molar-refractivity contribution in [1.82, 2.24) is 10.3 Å². The summed E-state index contributed by atoms with van der Waals surface area (Å²) in [6.45, 7) is 3.67. The molecule has 1 aromatic heterocycles. The summed E-state index contributed by atoms with van der Waals surface area (Å²) in [5.41, 5.74) is 2.24. The summed E-state index contributed by atoms with van der Waals surface area (Å²) in [6, 6.07) is 5.33. The van der Waals surface area contributed by atoms with E-state index >= 15 is 0 Å². The van der Waals surface area contributed by atoms with E-state index < -0.39 is 0 Å². The van der Waals surface area contributed by atoms with Gasteiger partial charge in [-0.3, -0.25) is 9.59 Å². The zero-order valence-corrected chi connectivity index (χ0v) is 14.3. The maximum Gasteiger partial charge on any atom is 0.244 e. The molecule has 0 aliphatic rings. The molecule has 1 aromatic carbocycles. The molecular weight excluding hydrogens is 334 g/mol. The normalized spacial score (nSPS) is 10.7. The predicted molar refractivity (Wildman–Crippen MR) is 93.7 cm³/mol. The second-order valence-corrected chi connectivity index (χ2v) is 6.34. The maximum absolute atomic E-state index is 11.8. The van der Waals surface area contributed by atoms with E-state index in [1.807, 2.05) is 25.3 Å². The van der Waals surface area contributed by atoms with Crippen molar-refractivity contribution < 1.29 is 9.59 Å². The molecule has 0 aliphatic carbocycles. The molecule has 0 radical (unpaired) electrons. The fourth-order valence-corrected chi connectivity index (χ4v) is 2.62. The number of aryl methyl sites for hydroxylation is 2. The van der Waals surface area contributed by atoms with E-state index in [-0.39, 0.29) is 18.4 Å². The number of thiazole rings is 1. The quantitative estimate of drug-likeness (QED) is 0.814. The Labute approximate surface area is 143 Å². The Morgan fingerprint density at radius 2 is 2.13 bits per heavy atom. The van der Waals surface area contributed by atoms with Gasteiger partial charge < -0.3 is 10.6 Å². The van der Waals surface area contributed by atoms with Crippen molar-refractivity contribution in [3.63, 3.8) is 0 Å². The first kappa shape index (κ1) is 17.2. The van der Waals surface area contributed by atoms with Crippen molar-refractivity contribution in [2.45, 2.75) is 13.8 Å². The standard InChI is InChI=1S/C16H16ClN3O2S/c1-10-3-5-14(13(17)7-10)20-16(22)8-18-15(21)6-4-12-9-23-11(2)19-12/h3-7,9H,8H2,1-2H3,(H,18,21)(H,20,22). The van der Waals surface area contributed by atoms with Crippen molar-refractivity contribution in [2.24, 2.45) is 0 Å². The van der Waals surface area contributed by atoms with Gasteiger partial charge in [-0.05, 0) is 37.6 Å². The summed E-state index contributed by atoms with van der Waals surface area (Å²) >= 11 is 7.54. The monoisotopic (exact) mass is 349 g/mol. The van der Waals surface area contributed by atoms with Crippen LogP contribution >= 0.6 is 22.9 Å². The average molecular weight is 350 g/mol.